The van der Waals surface area contributed by atoms with Gasteiger partial charge in [-0.3, -0.25) is 0 Å². The fraction of sp³-hybridized carbons (Fsp3) is 0.308. The van der Waals surface area contributed by atoms with E-state index in [1.165, 1.54) is 6.07 Å². The third kappa shape index (κ3) is 3.34. The lowest BCUT2D eigenvalue weighted by Crippen LogP contribution is -2.20. The minimum Gasteiger partial charge on any atom is -0.409 e. The number of nitrogens with zero attached hydrogens (tertiary/aromatic N) is 4. The predicted octanol–water partition coefficient (Wildman–Crippen LogP) is 0.821. The number of nitrogens with one attached hydrogen (secondary N) is 1. The number of aryl methyl sites for hydroxylation is 1. The summed E-state index contributed by atoms with van der Waals surface area (Å²) in [6.45, 7) is 3.54. The van der Waals surface area contributed by atoms with Gasteiger partial charge in [-0.25, -0.2) is 4.39 Å². The van der Waals surface area contributed by atoms with E-state index in [2.05, 4.69) is 20.7 Å². The Kier molecular flexibility index (Phi) is 4.83. The van der Waals surface area contributed by atoms with Crippen LogP contribution in [0, 0.1) is 5.82 Å². The molecule has 0 aliphatic carbocycles. The van der Waals surface area contributed by atoms with Crippen molar-refractivity contribution in [2.24, 2.45) is 10.9 Å². The Bertz CT molecular complexity index is 639. The molecular formula is C13H17FN6O. The van der Waals surface area contributed by atoms with Crippen LogP contribution in [0.4, 0.5) is 4.39 Å². The lowest BCUT2D eigenvalue weighted by atomic mass is 10.1. The van der Waals surface area contributed by atoms with E-state index in [9.17, 15) is 4.39 Å². The van der Waals surface area contributed by atoms with Crippen LogP contribution >= 0.6 is 0 Å². The SMILES string of the molecule is CCn1cnnc1CNCc1cccc(/C(N)=N/O)c1F. The maximum absolute atomic E-state index is 14.2. The Hall–Kier alpha value is -2.48. The summed E-state index contributed by atoms with van der Waals surface area (Å²) in [5.41, 5.74) is 5.94. The molecule has 112 valence electrons. The summed E-state index contributed by atoms with van der Waals surface area (Å²) in [4.78, 5) is 0. The molecule has 7 nitrogen and oxygen atoms in total. The van der Waals surface area contributed by atoms with Crippen molar-refractivity contribution in [3.63, 3.8) is 0 Å². The Balaban J connectivity index is 2.04. The van der Waals surface area contributed by atoms with E-state index in [1.54, 1.807) is 18.5 Å². The highest BCUT2D eigenvalue weighted by atomic mass is 19.1. The molecular weight excluding hydrogens is 275 g/mol. The predicted molar refractivity (Wildman–Crippen MR) is 75.2 cm³/mol. The number of halogens is 1. The standard InChI is InChI=1S/C13H17FN6O/c1-2-20-8-17-18-11(20)7-16-6-9-4-3-5-10(12(9)14)13(15)19-21/h3-5,8,16,21H,2,6-7H2,1H3,(H2,15,19). The second kappa shape index (κ2) is 6.80. The quantitative estimate of drug-likeness (QED) is 0.317. The molecule has 0 atom stereocenters. The first kappa shape index (κ1) is 14.9. The van der Waals surface area contributed by atoms with Crippen LogP contribution in [-0.4, -0.2) is 25.8 Å². The van der Waals surface area contributed by atoms with Crippen molar-refractivity contribution in [2.75, 3.05) is 0 Å². The smallest absolute Gasteiger partial charge is 0.173 e. The Morgan fingerprint density at radius 3 is 3.00 bits per heavy atom. The fourth-order valence-corrected chi connectivity index (χ4v) is 1.96. The Morgan fingerprint density at radius 2 is 2.29 bits per heavy atom. The van der Waals surface area contributed by atoms with E-state index in [0.717, 1.165) is 12.4 Å². The van der Waals surface area contributed by atoms with Crippen LogP contribution in [0.1, 0.15) is 23.9 Å². The molecule has 4 N–H and O–H groups in total. The number of amidine groups is 1. The number of nitrogens with two attached hydrogens (primary N) is 1. The highest BCUT2D eigenvalue weighted by molar-refractivity contribution is 5.97. The van der Waals surface area contributed by atoms with Gasteiger partial charge in [-0.1, -0.05) is 17.3 Å². The average Bonchev–Trinajstić information content (AvgIpc) is 2.95. The molecule has 2 rings (SSSR count). The monoisotopic (exact) mass is 292 g/mol. The molecule has 21 heavy (non-hydrogen) atoms. The number of aromatic nitrogens is 3. The summed E-state index contributed by atoms with van der Waals surface area (Å²) in [7, 11) is 0. The molecule has 0 amide bonds. The molecule has 1 heterocycles. The van der Waals surface area contributed by atoms with Crippen molar-refractivity contribution >= 4 is 5.84 Å². The number of hydrogen-bond donors (Lipinski definition) is 3. The van der Waals surface area contributed by atoms with Gasteiger partial charge in [-0.05, 0) is 13.0 Å². The largest absolute Gasteiger partial charge is 0.409 e. The van der Waals surface area contributed by atoms with E-state index in [1.807, 2.05) is 11.5 Å². The molecule has 1 aromatic heterocycles. The number of benzene rings is 1. The highest BCUT2D eigenvalue weighted by Crippen LogP contribution is 2.13. The molecule has 0 radical (unpaired) electrons. The van der Waals surface area contributed by atoms with Gasteiger partial charge >= 0.3 is 0 Å². The molecule has 0 unspecified atom stereocenters. The van der Waals surface area contributed by atoms with Gasteiger partial charge < -0.3 is 20.8 Å². The second-order valence-corrected chi connectivity index (χ2v) is 4.40. The van der Waals surface area contributed by atoms with Crippen LogP contribution in [0.5, 0.6) is 0 Å². The summed E-state index contributed by atoms with van der Waals surface area (Å²) >= 11 is 0. The van der Waals surface area contributed by atoms with Gasteiger partial charge in [0.2, 0.25) is 0 Å². The normalized spacial score (nSPS) is 11.8. The minimum absolute atomic E-state index is 0.0773. The van der Waals surface area contributed by atoms with E-state index < -0.39 is 5.82 Å². The highest BCUT2D eigenvalue weighted by Gasteiger charge is 2.11. The summed E-state index contributed by atoms with van der Waals surface area (Å²) in [5.74, 6) is 0.0304. The maximum atomic E-state index is 14.2. The van der Waals surface area contributed by atoms with Gasteiger partial charge in [0.25, 0.3) is 0 Å². The first-order valence-corrected chi connectivity index (χ1v) is 6.50. The van der Waals surface area contributed by atoms with Crippen LogP contribution in [0.15, 0.2) is 29.7 Å². The van der Waals surface area contributed by atoms with Gasteiger partial charge in [0, 0.05) is 18.7 Å². The zero-order valence-corrected chi connectivity index (χ0v) is 11.6. The number of oxime groups is 1. The molecule has 0 saturated heterocycles. The molecule has 0 fully saturated rings. The Morgan fingerprint density at radius 1 is 1.48 bits per heavy atom. The van der Waals surface area contributed by atoms with Crippen LogP contribution in [-0.2, 0) is 19.6 Å². The molecule has 2 aromatic rings. The van der Waals surface area contributed by atoms with Crippen LogP contribution < -0.4 is 11.1 Å². The lowest BCUT2D eigenvalue weighted by Gasteiger charge is -2.09. The Labute approximate surface area is 121 Å². The van der Waals surface area contributed by atoms with E-state index in [4.69, 9.17) is 10.9 Å². The molecule has 1 aromatic carbocycles. The van der Waals surface area contributed by atoms with Crippen LogP contribution in [0.3, 0.4) is 0 Å². The summed E-state index contributed by atoms with van der Waals surface area (Å²) in [6.07, 6.45) is 1.65. The molecule has 0 saturated carbocycles. The van der Waals surface area contributed by atoms with Crippen LogP contribution in [0.25, 0.3) is 0 Å². The topological polar surface area (TPSA) is 101 Å². The first-order valence-electron chi connectivity index (χ1n) is 6.50. The second-order valence-electron chi connectivity index (χ2n) is 4.40. The summed E-state index contributed by atoms with van der Waals surface area (Å²) < 4.78 is 16.1. The molecule has 0 aliphatic rings. The molecule has 0 aliphatic heterocycles. The molecule has 0 spiro atoms. The average molecular weight is 292 g/mol. The molecule has 8 heteroatoms. The molecule has 0 bridgehead atoms. The van der Waals surface area contributed by atoms with E-state index >= 15 is 0 Å². The van der Waals surface area contributed by atoms with Gasteiger partial charge in [0.15, 0.2) is 5.84 Å². The van der Waals surface area contributed by atoms with Crippen molar-refractivity contribution in [3.05, 3.63) is 47.3 Å². The van der Waals surface area contributed by atoms with E-state index in [-0.39, 0.29) is 11.4 Å². The van der Waals surface area contributed by atoms with Gasteiger partial charge in [-0.2, -0.15) is 0 Å². The zero-order chi connectivity index (χ0) is 15.2. The zero-order valence-electron chi connectivity index (χ0n) is 11.6. The third-order valence-corrected chi connectivity index (χ3v) is 3.10. The van der Waals surface area contributed by atoms with Gasteiger partial charge in [0.05, 0.1) is 12.1 Å². The van der Waals surface area contributed by atoms with Crippen molar-refractivity contribution in [1.29, 1.82) is 0 Å². The van der Waals surface area contributed by atoms with Crippen molar-refractivity contribution in [3.8, 4) is 0 Å². The lowest BCUT2D eigenvalue weighted by molar-refractivity contribution is 0.318. The number of hydrogen-bond acceptors (Lipinski definition) is 5. The minimum atomic E-state index is -0.503. The van der Waals surface area contributed by atoms with Gasteiger partial charge in [-0.15, -0.1) is 10.2 Å². The summed E-state index contributed by atoms with van der Waals surface area (Å²) in [5, 5.41) is 22.3. The first-order chi connectivity index (χ1) is 10.2. The number of rotatable bonds is 6. The van der Waals surface area contributed by atoms with Gasteiger partial charge in [0.1, 0.15) is 18.0 Å². The van der Waals surface area contributed by atoms with E-state index in [0.29, 0.717) is 18.7 Å². The summed E-state index contributed by atoms with van der Waals surface area (Å²) in [6, 6.07) is 4.75. The maximum Gasteiger partial charge on any atom is 0.173 e. The van der Waals surface area contributed by atoms with Crippen molar-refractivity contribution in [1.82, 2.24) is 20.1 Å². The third-order valence-electron chi connectivity index (χ3n) is 3.10. The van der Waals surface area contributed by atoms with Crippen molar-refractivity contribution < 1.29 is 9.60 Å². The van der Waals surface area contributed by atoms with Crippen LogP contribution in [0.2, 0.25) is 0 Å². The fourth-order valence-electron chi connectivity index (χ4n) is 1.96. The van der Waals surface area contributed by atoms with Crippen molar-refractivity contribution in [2.45, 2.75) is 26.6 Å².